The summed E-state index contributed by atoms with van der Waals surface area (Å²) < 4.78 is 0. The van der Waals surface area contributed by atoms with Crippen LogP contribution < -0.4 is 10.2 Å². The summed E-state index contributed by atoms with van der Waals surface area (Å²) in [7, 11) is 3.93. The minimum absolute atomic E-state index is 0.0386. The minimum Gasteiger partial charge on any atom is -0.378 e. The predicted molar refractivity (Wildman–Crippen MR) is 120 cm³/mol. The first-order valence-corrected chi connectivity index (χ1v) is 10.1. The lowest BCUT2D eigenvalue weighted by molar-refractivity contribution is 0.0734. The van der Waals surface area contributed by atoms with E-state index in [2.05, 4.69) is 5.32 Å². The van der Waals surface area contributed by atoms with Gasteiger partial charge < -0.3 is 15.1 Å². The van der Waals surface area contributed by atoms with Crippen LogP contribution in [-0.2, 0) is 13.0 Å². The normalized spacial score (nSPS) is 12.8. The molecule has 0 spiro atoms. The molecule has 0 saturated carbocycles. The molecule has 1 aliphatic heterocycles. The maximum absolute atomic E-state index is 12.8. The van der Waals surface area contributed by atoms with Crippen molar-refractivity contribution in [2.24, 2.45) is 0 Å². The Kier molecular flexibility index (Phi) is 5.53. The van der Waals surface area contributed by atoms with Crippen molar-refractivity contribution in [3.63, 3.8) is 0 Å². The molecule has 1 heterocycles. The van der Waals surface area contributed by atoms with Crippen LogP contribution in [0.25, 0.3) is 0 Å². The Morgan fingerprint density at radius 2 is 1.60 bits per heavy atom. The first-order valence-electron chi connectivity index (χ1n) is 10.1. The van der Waals surface area contributed by atoms with Crippen LogP contribution in [0, 0.1) is 0 Å². The summed E-state index contributed by atoms with van der Waals surface area (Å²) >= 11 is 0. The molecule has 5 nitrogen and oxygen atoms in total. The Balaban J connectivity index is 1.47. The standard InChI is InChI=1S/C25H25N3O2/c1-27(2)23-12-9-19(10-13-23)24(29)26-22-11-8-18-14-15-28(17-21(18)16-22)25(30)20-6-4-3-5-7-20/h3-13,16H,14-15,17H2,1-2H3,(H,26,29). The second kappa shape index (κ2) is 8.41. The summed E-state index contributed by atoms with van der Waals surface area (Å²) in [6, 6.07) is 22.8. The van der Waals surface area contributed by atoms with Crippen molar-refractivity contribution < 1.29 is 9.59 Å². The number of carbonyl (C=O) groups is 2. The van der Waals surface area contributed by atoms with Crippen LogP contribution in [0.2, 0.25) is 0 Å². The van der Waals surface area contributed by atoms with Crippen LogP contribution in [0.4, 0.5) is 11.4 Å². The zero-order valence-corrected chi connectivity index (χ0v) is 17.3. The third-order valence-electron chi connectivity index (χ3n) is 5.43. The number of rotatable bonds is 4. The molecule has 0 aliphatic carbocycles. The van der Waals surface area contributed by atoms with Gasteiger partial charge in [0, 0.05) is 49.7 Å². The molecule has 5 heteroatoms. The van der Waals surface area contributed by atoms with Crippen LogP contribution in [0.15, 0.2) is 72.8 Å². The highest BCUT2D eigenvalue weighted by Crippen LogP contribution is 2.24. The van der Waals surface area contributed by atoms with Gasteiger partial charge in [0.25, 0.3) is 11.8 Å². The Morgan fingerprint density at radius 3 is 2.30 bits per heavy atom. The van der Waals surface area contributed by atoms with Gasteiger partial charge in [-0.1, -0.05) is 24.3 Å². The average Bonchev–Trinajstić information content (AvgIpc) is 2.78. The van der Waals surface area contributed by atoms with Crippen LogP contribution in [0.5, 0.6) is 0 Å². The molecule has 0 bridgehead atoms. The van der Waals surface area contributed by atoms with Crippen molar-refractivity contribution in [3.8, 4) is 0 Å². The summed E-state index contributed by atoms with van der Waals surface area (Å²) in [5.41, 5.74) is 5.39. The van der Waals surface area contributed by atoms with Crippen molar-refractivity contribution in [2.75, 3.05) is 30.9 Å². The fraction of sp³-hybridized carbons (Fsp3) is 0.200. The Hall–Kier alpha value is -3.60. The van der Waals surface area contributed by atoms with Crippen molar-refractivity contribution in [1.82, 2.24) is 4.90 Å². The molecular weight excluding hydrogens is 374 g/mol. The van der Waals surface area contributed by atoms with E-state index in [0.717, 1.165) is 23.4 Å². The van der Waals surface area contributed by atoms with Crippen molar-refractivity contribution in [2.45, 2.75) is 13.0 Å². The van der Waals surface area contributed by atoms with Crippen LogP contribution in [0.1, 0.15) is 31.8 Å². The fourth-order valence-electron chi connectivity index (χ4n) is 3.69. The SMILES string of the molecule is CN(C)c1ccc(C(=O)Nc2ccc3c(c2)CN(C(=O)c2ccccc2)CC3)cc1. The predicted octanol–water partition coefficient (Wildman–Crippen LogP) is 4.20. The Bertz CT molecular complexity index is 1060. The number of amides is 2. The van der Waals surface area contributed by atoms with E-state index >= 15 is 0 Å². The molecule has 1 N–H and O–H groups in total. The van der Waals surface area contributed by atoms with E-state index in [1.807, 2.05) is 96.7 Å². The first kappa shape index (κ1) is 19.7. The van der Waals surface area contributed by atoms with Gasteiger partial charge >= 0.3 is 0 Å². The second-order valence-electron chi connectivity index (χ2n) is 7.72. The van der Waals surface area contributed by atoms with Crippen molar-refractivity contribution >= 4 is 23.2 Å². The van der Waals surface area contributed by atoms with E-state index in [1.54, 1.807) is 0 Å². The molecule has 0 fully saturated rings. The van der Waals surface area contributed by atoms with Gasteiger partial charge in [-0.3, -0.25) is 9.59 Å². The molecular formula is C25H25N3O2. The smallest absolute Gasteiger partial charge is 0.255 e. The number of anilines is 2. The largest absolute Gasteiger partial charge is 0.378 e. The first-order chi connectivity index (χ1) is 14.5. The molecule has 30 heavy (non-hydrogen) atoms. The molecule has 0 atom stereocenters. The fourth-order valence-corrected chi connectivity index (χ4v) is 3.69. The third-order valence-corrected chi connectivity index (χ3v) is 5.43. The van der Waals surface area contributed by atoms with Gasteiger partial charge in [-0.25, -0.2) is 0 Å². The lowest BCUT2D eigenvalue weighted by Gasteiger charge is -2.29. The Labute approximate surface area is 176 Å². The zero-order chi connectivity index (χ0) is 21.1. The molecule has 0 radical (unpaired) electrons. The third kappa shape index (κ3) is 4.20. The lowest BCUT2D eigenvalue weighted by Crippen LogP contribution is -2.36. The molecule has 3 aromatic rings. The van der Waals surface area contributed by atoms with Gasteiger partial charge in [0.2, 0.25) is 0 Å². The summed E-state index contributed by atoms with van der Waals surface area (Å²) in [5.74, 6) is -0.107. The molecule has 0 unspecified atom stereocenters. The quantitative estimate of drug-likeness (QED) is 0.715. The van der Waals surface area contributed by atoms with Crippen LogP contribution in [0.3, 0.4) is 0 Å². The summed E-state index contributed by atoms with van der Waals surface area (Å²) in [6.45, 7) is 1.25. The number of benzene rings is 3. The number of carbonyl (C=O) groups excluding carboxylic acids is 2. The van der Waals surface area contributed by atoms with Gasteiger partial charge in [0.05, 0.1) is 0 Å². The van der Waals surface area contributed by atoms with Crippen LogP contribution >= 0.6 is 0 Å². The van der Waals surface area contributed by atoms with Gasteiger partial charge in [-0.05, 0) is 66.1 Å². The summed E-state index contributed by atoms with van der Waals surface area (Å²) in [4.78, 5) is 29.3. The van der Waals surface area contributed by atoms with Gasteiger partial charge in [0.15, 0.2) is 0 Å². The lowest BCUT2D eigenvalue weighted by atomic mass is 9.98. The topological polar surface area (TPSA) is 52.7 Å². The zero-order valence-electron chi connectivity index (χ0n) is 17.3. The summed E-state index contributed by atoms with van der Waals surface area (Å²) in [5, 5.41) is 2.98. The highest BCUT2D eigenvalue weighted by atomic mass is 16.2. The van der Waals surface area contributed by atoms with E-state index in [4.69, 9.17) is 0 Å². The number of hydrogen-bond acceptors (Lipinski definition) is 3. The van der Waals surface area contributed by atoms with Crippen molar-refractivity contribution in [3.05, 3.63) is 95.1 Å². The number of nitrogens with zero attached hydrogens (tertiary/aromatic N) is 2. The van der Waals surface area contributed by atoms with E-state index < -0.39 is 0 Å². The Morgan fingerprint density at radius 1 is 0.867 bits per heavy atom. The molecule has 2 amide bonds. The van der Waals surface area contributed by atoms with Gasteiger partial charge in [-0.15, -0.1) is 0 Å². The molecule has 4 rings (SSSR count). The maximum Gasteiger partial charge on any atom is 0.255 e. The van der Waals surface area contributed by atoms with E-state index in [0.29, 0.717) is 24.2 Å². The van der Waals surface area contributed by atoms with Gasteiger partial charge in [0.1, 0.15) is 0 Å². The monoisotopic (exact) mass is 399 g/mol. The minimum atomic E-state index is -0.145. The molecule has 3 aromatic carbocycles. The van der Waals surface area contributed by atoms with E-state index in [1.165, 1.54) is 5.56 Å². The molecule has 1 aliphatic rings. The summed E-state index contributed by atoms with van der Waals surface area (Å²) in [6.07, 6.45) is 0.814. The van der Waals surface area contributed by atoms with E-state index in [-0.39, 0.29) is 11.8 Å². The number of hydrogen-bond donors (Lipinski definition) is 1. The maximum atomic E-state index is 12.8. The van der Waals surface area contributed by atoms with Crippen LogP contribution in [-0.4, -0.2) is 37.4 Å². The number of fused-ring (bicyclic) bond motifs is 1. The van der Waals surface area contributed by atoms with Crippen molar-refractivity contribution in [1.29, 1.82) is 0 Å². The van der Waals surface area contributed by atoms with Gasteiger partial charge in [-0.2, -0.15) is 0 Å². The molecule has 0 aromatic heterocycles. The highest BCUT2D eigenvalue weighted by Gasteiger charge is 2.22. The van der Waals surface area contributed by atoms with E-state index in [9.17, 15) is 9.59 Å². The molecule has 0 saturated heterocycles. The average molecular weight is 399 g/mol. The highest BCUT2D eigenvalue weighted by molar-refractivity contribution is 6.04. The molecule has 152 valence electrons. The number of nitrogens with one attached hydrogen (secondary N) is 1. The second-order valence-corrected chi connectivity index (χ2v) is 7.72.